The molecule has 1 unspecified atom stereocenters. The second kappa shape index (κ2) is 6.84. The van der Waals surface area contributed by atoms with E-state index in [-0.39, 0.29) is 18.8 Å². The normalized spacial score (nSPS) is 49.9. The molecule has 8 nitrogen and oxygen atoms in total. The zero-order chi connectivity index (χ0) is 15.7. The van der Waals surface area contributed by atoms with Crippen LogP contribution in [0.1, 0.15) is 19.3 Å². The van der Waals surface area contributed by atoms with Crippen LogP contribution in [0.2, 0.25) is 0 Å². The molecule has 0 radical (unpaired) electrons. The van der Waals surface area contributed by atoms with E-state index in [1.54, 1.807) is 0 Å². The Morgan fingerprint density at radius 1 is 1.00 bits per heavy atom. The average molecular weight is 304 g/mol. The van der Waals surface area contributed by atoms with Gasteiger partial charge in [0.25, 0.3) is 0 Å². The molecule has 0 aromatic heterocycles. The molecule has 124 valence electrons. The third-order valence-electron chi connectivity index (χ3n) is 4.83. The fourth-order valence-corrected chi connectivity index (χ4v) is 3.48. The van der Waals surface area contributed by atoms with E-state index in [1.807, 2.05) is 0 Å². The van der Waals surface area contributed by atoms with Crippen molar-refractivity contribution in [3.8, 4) is 0 Å². The zero-order valence-electron chi connectivity index (χ0n) is 12.1. The van der Waals surface area contributed by atoms with Gasteiger partial charge in [0.05, 0.1) is 37.1 Å². The number of hydrogen-bond acceptors (Lipinski definition) is 8. The minimum Gasteiger partial charge on any atom is -0.395 e. The lowest BCUT2D eigenvalue weighted by molar-refractivity contribution is -0.158. The molecule has 1 heterocycles. The summed E-state index contributed by atoms with van der Waals surface area (Å²) in [5, 5.41) is 29.4. The Bertz CT molecular complexity index is 348. The van der Waals surface area contributed by atoms with Gasteiger partial charge in [0.15, 0.2) is 0 Å². The average Bonchev–Trinajstić information content (AvgIpc) is 2.46. The summed E-state index contributed by atoms with van der Waals surface area (Å²) >= 11 is 0. The third kappa shape index (κ3) is 3.38. The summed E-state index contributed by atoms with van der Waals surface area (Å²) in [5.74, 6) is -0.497. The molecular weight excluding hydrogens is 276 g/mol. The molecule has 2 aliphatic rings. The van der Waals surface area contributed by atoms with Gasteiger partial charge in [0, 0.05) is 24.0 Å². The topological polar surface area (TPSA) is 174 Å². The van der Waals surface area contributed by atoms with Gasteiger partial charge in [-0.3, -0.25) is 0 Å². The maximum atomic E-state index is 10.3. The van der Waals surface area contributed by atoms with Gasteiger partial charge in [-0.15, -0.1) is 0 Å². The Kier molecular flexibility index (Phi) is 5.55. The van der Waals surface area contributed by atoms with Gasteiger partial charge in [-0.2, -0.15) is 0 Å². The molecule has 11 N–H and O–H groups in total. The third-order valence-corrected chi connectivity index (χ3v) is 4.83. The van der Waals surface area contributed by atoms with Crippen LogP contribution < -0.4 is 22.9 Å². The second-order valence-corrected chi connectivity index (χ2v) is 6.35. The van der Waals surface area contributed by atoms with E-state index in [4.69, 9.17) is 32.8 Å². The summed E-state index contributed by atoms with van der Waals surface area (Å²) in [5.41, 5.74) is 23.8. The molecule has 1 aliphatic heterocycles. The second-order valence-electron chi connectivity index (χ2n) is 6.35. The summed E-state index contributed by atoms with van der Waals surface area (Å²) in [6.45, 7) is -0.181. The lowest BCUT2D eigenvalue weighted by Gasteiger charge is -2.48. The van der Waals surface area contributed by atoms with Gasteiger partial charge in [-0.05, 0) is 19.3 Å². The predicted molar refractivity (Wildman–Crippen MR) is 77.0 cm³/mol. The van der Waals surface area contributed by atoms with Crippen LogP contribution in [0, 0.1) is 5.92 Å². The van der Waals surface area contributed by atoms with Gasteiger partial charge in [-0.25, -0.2) is 0 Å². The largest absolute Gasteiger partial charge is 0.395 e. The van der Waals surface area contributed by atoms with Gasteiger partial charge in [0.1, 0.15) is 0 Å². The monoisotopic (exact) mass is 304 g/mol. The molecule has 0 aromatic rings. The van der Waals surface area contributed by atoms with Crippen molar-refractivity contribution in [1.82, 2.24) is 0 Å². The summed E-state index contributed by atoms with van der Waals surface area (Å²) < 4.78 is 5.91. The summed E-state index contributed by atoms with van der Waals surface area (Å²) in [6, 6.07) is -1.75. The van der Waals surface area contributed by atoms with Crippen molar-refractivity contribution in [3.05, 3.63) is 0 Å². The van der Waals surface area contributed by atoms with Crippen LogP contribution in [0.15, 0.2) is 0 Å². The minimum absolute atomic E-state index is 0.181. The van der Waals surface area contributed by atoms with Crippen LogP contribution in [-0.2, 0) is 4.74 Å². The standard InChI is InChI=1S/C13H28N4O4/c14-5-1-2-9(8(17)4-18)21-13(5)10-6(15)3-7(16)11(19)12(10)20/h5-13,18-20H,1-4,14-17H2/t5-,6+,7-,8-,9+,10?,11+,12+,13+/m1/s1. The van der Waals surface area contributed by atoms with Crippen LogP contribution >= 0.6 is 0 Å². The molecule has 0 bridgehead atoms. The summed E-state index contributed by atoms with van der Waals surface area (Å²) in [6.07, 6.45) is -1.24. The zero-order valence-corrected chi connectivity index (χ0v) is 12.1. The number of ether oxygens (including phenoxy) is 1. The Morgan fingerprint density at radius 2 is 1.67 bits per heavy atom. The highest BCUT2D eigenvalue weighted by Gasteiger charge is 2.48. The Hall–Kier alpha value is -0.320. The number of nitrogens with two attached hydrogens (primary N) is 4. The van der Waals surface area contributed by atoms with E-state index in [9.17, 15) is 10.2 Å². The molecule has 1 saturated heterocycles. The van der Waals surface area contributed by atoms with Crippen LogP contribution in [-0.4, -0.2) is 70.5 Å². The molecule has 2 rings (SSSR count). The van der Waals surface area contributed by atoms with Crippen molar-refractivity contribution in [1.29, 1.82) is 0 Å². The van der Waals surface area contributed by atoms with Crippen LogP contribution in [0.3, 0.4) is 0 Å². The van der Waals surface area contributed by atoms with Crippen molar-refractivity contribution in [3.63, 3.8) is 0 Å². The fraction of sp³-hybridized carbons (Fsp3) is 1.00. The van der Waals surface area contributed by atoms with Gasteiger partial charge in [0.2, 0.25) is 0 Å². The van der Waals surface area contributed by atoms with Crippen molar-refractivity contribution >= 4 is 0 Å². The minimum atomic E-state index is -1.08. The lowest BCUT2D eigenvalue weighted by Crippen LogP contribution is -2.65. The molecule has 0 spiro atoms. The SMILES string of the molecule is N[C@@H]1C[C@H](N)C([C@H]2O[C@H]([C@H](N)CO)CC[C@H]2N)[C@H](O)[C@H]1O. The number of aliphatic hydroxyl groups excluding tert-OH is 3. The maximum absolute atomic E-state index is 10.3. The highest BCUT2D eigenvalue weighted by Crippen LogP contribution is 2.33. The quantitative estimate of drug-likeness (QED) is 0.282. The molecule has 2 fully saturated rings. The summed E-state index contributed by atoms with van der Waals surface area (Å²) in [7, 11) is 0. The number of rotatable bonds is 3. The first-order chi connectivity index (χ1) is 9.86. The first-order valence-electron chi connectivity index (χ1n) is 7.51. The van der Waals surface area contributed by atoms with Crippen molar-refractivity contribution in [2.24, 2.45) is 28.9 Å². The highest BCUT2D eigenvalue weighted by atomic mass is 16.5. The molecule has 21 heavy (non-hydrogen) atoms. The van der Waals surface area contributed by atoms with E-state index in [0.717, 1.165) is 0 Å². The molecule has 0 aromatic carbocycles. The van der Waals surface area contributed by atoms with E-state index >= 15 is 0 Å². The first-order valence-corrected chi connectivity index (χ1v) is 7.51. The van der Waals surface area contributed by atoms with Crippen LogP contribution in [0.4, 0.5) is 0 Å². The lowest BCUT2D eigenvalue weighted by atomic mass is 9.72. The maximum Gasteiger partial charge on any atom is 0.0954 e. The van der Waals surface area contributed by atoms with Gasteiger partial charge in [-0.1, -0.05) is 0 Å². The van der Waals surface area contributed by atoms with Crippen molar-refractivity contribution in [2.45, 2.75) is 67.8 Å². The van der Waals surface area contributed by atoms with E-state index < -0.39 is 42.4 Å². The van der Waals surface area contributed by atoms with Gasteiger partial charge >= 0.3 is 0 Å². The molecule has 1 saturated carbocycles. The van der Waals surface area contributed by atoms with E-state index in [0.29, 0.717) is 19.3 Å². The van der Waals surface area contributed by atoms with Gasteiger partial charge < -0.3 is 43.0 Å². The van der Waals surface area contributed by atoms with Crippen molar-refractivity contribution < 1.29 is 20.1 Å². The molecule has 0 amide bonds. The predicted octanol–water partition coefficient (Wildman–Crippen LogP) is -3.42. The van der Waals surface area contributed by atoms with Crippen molar-refractivity contribution in [2.75, 3.05) is 6.61 Å². The van der Waals surface area contributed by atoms with Crippen LogP contribution in [0.25, 0.3) is 0 Å². The van der Waals surface area contributed by atoms with Crippen LogP contribution in [0.5, 0.6) is 0 Å². The van der Waals surface area contributed by atoms with E-state index in [1.165, 1.54) is 0 Å². The highest BCUT2D eigenvalue weighted by molar-refractivity contribution is 5.03. The van der Waals surface area contributed by atoms with E-state index in [2.05, 4.69) is 0 Å². The smallest absolute Gasteiger partial charge is 0.0954 e. The Labute approximate surface area is 124 Å². The molecule has 1 aliphatic carbocycles. The Morgan fingerprint density at radius 3 is 2.29 bits per heavy atom. The Balaban J connectivity index is 2.13. The molecule has 9 atom stereocenters. The molecule has 8 heteroatoms. The molecular formula is C13H28N4O4. The first kappa shape index (κ1) is 17.0. The summed E-state index contributed by atoms with van der Waals surface area (Å²) in [4.78, 5) is 0. The fourth-order valence-electron chi connectivity index (χ4n) is 3.48. The number of aliphatic hydroxyl groups is 3. The number of hydrogen-bond donors (Lipinski definition) is 7.